The second-order valence-corrected chi connectivity index (χ2v) is 13.5. The van der Waals surface area contributed by atoms with Crippen molar-refractivity contribution in [1.82, 2.24) is 0 Å². The van der Waals surface area contributed by atoms with Gasteiger partial charge in [-0.05, 0) is 42.7 Å². The summed E-state index contributed by atoms with van der Waals surface area (Å²) in [5.41, 5.74) is 0.886. The second kappa shape index (κ2) is 8.92. The molecule has 7 rings (SSSR count). The Bertz CT molecular complexity index is 1270. The summed E-state index contributed by atoms with van der Waals surface area (Å²) in [4.78, 5) is 38.9. The van der Waals surface area contributed by atoms with Crippen LogP contribution in [0.5, 0.6) is 0 Å². The number of carbonyl (C=O) groups excluding carboxylic acids is 3. The van der Waals surface area contributed by atoms with Crippen LogP contribution in [0.15, 0.2) is 34.2 Å². The summed E-state index contributed by atoms with van der Waals surface area (Å²) < 4.78 is 29.0. The van der Waals surface area contributed by atoms with E-state index in [9.17, 15) is 19.5 Å². The van der Waals surface area contributed by atoms with Crippen molar-refractivity contribution < 1.29 is 42.9 Å². The summed E-state index contributed by atoms with van der Waals surface area (Å²) in [6.45, 7) is 9.91. The van der Waals surface area contributed by atoms with Gasteiger partial charge in [-0.25, -0.2) is 0 Å². The third-order valence-corrected chi connectivity index (χ3v) is 11.3. The molecule has 1 N–H and O–H groups in total. The molecule has 3 saturated heterocycles. The van der Waals surface area contributed by atoms with Gasteiger partial charge in [0.1, 0.15) is 12.2 Å². The molecule has 4 heterocycles. The Morgan fingerprint density at radius 1 is 1.23 bits per heavy atom. The van der Waals surface area contributed by atoms with E-state index in [1.807, 2.05) is 19.9 Å². The van der Waals surface area contributed by atoms with Crippen molar-refractivity contribution in [3.63, 3.8) is 0 Å². The predicted molar refractivity (Wildman–Crippen MR) is 140 cm³/mol. The Morgan fingerprint density at radius 2 is 1.98 bits per heavy atom. The minimum Gasteiger partial charge on any atom is -0.472 e. The van der Waals surface area contributed by atoms with Crippen molar-refractivity contribution in [3.8, 4) is 0 Å². The molecule has 0 radical (unpaired) electrons. The lowest BCUT2D eigenvalue weighted by Gasteiger charge is -2.74. The molecule has 5 fully saturated rings. The number of carbonyl (C=O) groups is 3. The van der Waals surface area contributed by atoms with E-state index in [-0.39, 0.29) is 49.2 Å². The average molecular weight is 557 g/mol. The molecule has 3 aliphatic heterocycles. The highest BCUT2D eigenvalue weighted by Crippen LogP contribution is 2.74. The number of aliphatic hydroxyl groups is 1. The highest BCUT2D eigenvalue weighted by molar-refractivity contribution is 5.76. The number of hydrogen-bond acceptors (Lipinski definition) is 9. The van der Waals surface area contributed by atoms with E-state index >= 15 is 0 Å². The second-order valence-electron chi connectivity index (χ2n) is 13.5. The molecular formula is C31H40O9. The van der Waals surface area contributed by atoms with E-state index in [1.165, 1.54) is 7.11 Å². The maximum absolute atomic E-state index is 13.1. The largest absolute Gasteiger partial charge is 0.472 e. The maximum Gasteiger partial charge on any atom is 0.310 e. The lowest BCUT2D eigenvalue weighted by atomic mass is 9.37. The van der Waals surface area contributed by atoms with Crippen LogP contribution in [0.1, 0.15) is 78.4 Å². The molecule has 1 unspecified atom stereocenters. The molecule has 218 valence electrons. The van der Waals surface area contributed by atoms with Crippen LogP contribution >= 0.6 is 0 Å². The topological polar surface area (TPSA) is 122 Å². The fourth-order valence-corrected chi connectivity index (χ4v) is 9.24. The van der Waals surface area contributed by atoms with E-state index in [1.54, 1.807) is 26.4 Å². The highest BCUT2D eigenvalue weighted by atomic mass is 16.6. The SMILES string of the molecule is COC(=O)C[C@H]1[C@]2(C)CO[C@]3(O)C(CC4=C5CC(=O)O[C@@H](c6ccoc6)[C@]5(C)CC[C@@H]4[C@]13C)[C@H]2OC(=O)C(C)C. The molecule has 1 aromatic rings. The number of ether oxygens (including phenoxy) is 4. The maximum atomic E-state index is 13.1. The van der Waals surface area contributed by atoms with Gasteiger partial charge in [0.2, 0.25) is 0 Å². The van der Waals surface area contributed by atoms with Crippen molar-refractivity contribution in [1.29, 1.82) is 0 Å². The fourth-order valence-electron chi connectivity index (χ4n) is 9.24. The van der Waals surface area contributed by atoms with Gasteiger partial charge in [0.05, 0.1) is 44.5 Å². The van der Waals surface area contributed by atoms with Crippen molar-refractivity contribution in [3.05, 3.63) is 35.3 Å². The number of allylic oxidation sites excluding steroid dienone is 1. The van der Waals surface area contributed by atoms with E-state index < -0.39 is 46.1 Å². The third kappa shape index (κ3) is 3.43. The molecule has 0 spiro atoms. The Hall–Kier alpha value is -2.65. The van der Waals surface area contributed by atoms with Gasteiger partial charge in [0.15, 0.2) is 5.79 Å². The van der Waals surface area contributed by atoms with E-state index in [0.717, 1.165) is 29.6 Å². The van der Waals surface area contributed by atoms with Gasteiger partial charge in [0, 0.05) is 28.2 Å². The van der Waals surface area contributed by atoms with Crippen molar-refractivity contribution in [2.45, 2.75) is 84.7 Å². The highest BCUT2D eigenvalue weighted by Gasteiger charge is 2.79. The van der Waals surface area contributed by atoms with Gasteiger partial charge in [-0.15, -0.1) is 0 Å². The molecular weight excluding hydrogens is 516 g/mol. The first-order valence-corrected chi connectivity index (χ1v) is 14.4. The van der Waals surface area contributed by atoms with Gasteiger partial charge in [-0.3, -0.25) is 14.4 Å². The molecule has 3 aliphatic carbocycles. The summed E-state index contributed by atoms with van der Waals surface area (Å²) in [6.07, 6.45) is 4.16. The van der Waals surface area contributed by atoms with Gasteiger partial charge >= 0.3 is 17.9 Å². The Morgan fingerprint density at radius 3 is 2.62 bits per heavy atom. The van der Waals surface area contributed by atoms with Crippen LogP contribution in [0.4, 0.5) is 0 Å². The minimum atomic E-state index is -1.62. The smallest absolute Gasteiger partial charge is 0.310 e. The third-order valence-electron chi connectivity index (χ3n) is 11.3. The van der Waals surface area contributed by atoms with Crippen LogP contribution in [0.2, 0.25) is 0 Å². The van der Waals surface area contributed by atoms with Gasteiger partial charge in [-0.1, -0.05) is 40.2 Å². The summed E-state index contributed by atoms with van der Waals surface area (Å²) in [5, 5.41) is 12.5. The van der Waals surface area contributed by atoms with Gasteiger partial charge < -0.3 is 28.5 Å². The number of methoxy groups -OCH3 is 1. The molecule has 0 aromatic carbocycles. The van der Waals surface area contributed by atoms with Crippen molar-refractivity contribution in [2.75, 3.05) is 13.7 Å². The normalized spacial score (nSPS) is 43.6. The Balaban J connectivity index is 1.54. The van der Waals surface area contributed by atoms with Crippen molar-refractivity contribution >= 4 is 17.9 Å². The van der Waals surface area contributed by atoms with E-state index in [4.69, 9.17) is 23.4 Å². The lowest BCUT2D eigenvalue weighted by Crippen LogP contribution is -2.80. The molecule has 1 aromatic heterocycles. The van der Waals surface area contributed by atoms with Gasteiger partial charge in [-0.2, -0.15) is 0 Å². The summed E-state index contributed by atoms with van der Waals surface area (Å²) in [7, 11) is 1.36. The number of rotatable bonds is 5. The lowest BCUT2D eigenvalue weighted by molar-refractivity contribution is -0.438. The number of esters is 3. The molecule has 0 amide bonds. The zero-order valence-corrected chi connectivity index (χ0v) is 24.2. The van der Waals surface area contributed by atoms with Crippen LogP contribution in [-0.2, 0) is 33.3 Å². The van der Waals surface area contributed by atoms with Crippen LogP contribution in [0, 0.1) is 39.9 Å². The zero-order chi connectivity index (χ0) is 28.8. The van der Waals surface area contributed by atoms with E-state index in [2.05, 4.69) is 6.92 Å². The molecule has 40 heavy (non-hydrogen) atoms. The monoisotopic (exact) mass is 556 g/mol. The number of fused-ring (bicyclic) bond motifs is 3. The molecule has 9 nitrogen and oxygen atoms in total. The zero-order valence-electron chi connectivity index (χ0n) is 24.2. The fraction of sp³-hybridized carbons (Fsp3) is 0.710. The number of hydrogen-bond donors (Lipinski definition) is 1. The quantitative estimate of drug-likeness (QED) is 0.318. The minimum absolute atomic E-state index is 0.0632. The van der Waals surface area contributed by atoms with Crippen LogP contribution in [0.25, 0.3) is 0 Å². The Labute approximate surface area is 234 Å². The van der Waals surface area contributed by atoms with Crippen molar-refractivity contribution in [2.24, 2.45) is 39.9 Å². The van der Waals surface area contributed by atoms with Crippen LogP contribution < -0.4 is 0 Å². The average Bonchev–Trinajstić information content (AvgIpc) is 3.44. The molecule has 4 bridgehead atoms. The number of cyclic esters (lactones) is 1. The molecule has 6 aliphatic rings. The summed E-state index contributed by atoms with van der Waals surface area (Å²) >= 11 is 0. The summed E-state index contributed by atoms with van der Waals surface area (Å²) in [6, 6.07) is 1.84. The molecule has 2 saturated carbocycles. The first kappa shape index (κ1) is 27.5. The first-order valence-electron chi connectivity index (χ1n) is 14.4. The standard InChI is InChI=1S/C31H40O9/c1-16(2)27(34)40-26-21-11-18-19(30(5)22(13-23(32)36-6)29(26,4)15-38-31(21,30)35)7-9-28(3)20(18)12-24(33)39-25(28)17-8-10-37-14-17/h8,10,14,16,19,21-22,25-26,35H,7,9,11-13,15H2,1-6H3/t19-,21?,22-,25-,26+,28+,29-,30+,31+/m0/s1. The molecule has 9 atom stereocenters. The van der Waals surface area contributed by atoms with Crippen LogP contribution in [0.3, 0.4) is 0 Å². The summed E-state index contributed by atoms with van der Waals surface area (Å²) in [5.74, 6) is -4.09. The number of furan rings is 1. The molecule has 9 heteroatoms. The Kier molecular flexibility index (Phi) is 6.14. The van der Waals surface area contributed by atoms with Gasteiger partial charge in [0.25, 0.3) is 0 Å². The first-order chi connectivity index (χ1) is 18.8. The van der Waals surface area contributed by atoms with Crippen LogP contribution in [-0.4, -0.2) is 48.6 Å². The predicted octanol–water partition coefficient (Wildman–Crippen LogP) is 4.49. The van der Waals surface area contributed by atoms with E-state index in [0.29, 0.717) is 6.42 Å².